The van der Waals surface area contributed by atoms with Gasteiger partial charge in [0.1, 0.15) is 0 Å². The highest BCUT2D eigenvalue weighted by atomic mass is 16.2. The molecule has 17 heavy (non-hydrogen) atoms. The number of nitrogens with zero attached hydrogens (tertiary/aromatic N) is 1. The van der Waals surface area contributed by atoms with Gasteiger partial charge in [0.05, 0.1) is 32.7 Å². The summed E-state index contributed by atoms with van der Waals surface area (Å²) in [6.07, 6.45) is 0. The van der Waals surface area contributed by atoms with Crippen LogP contribution in [-0.2, 0) is 0 Å². The van der Waals surface area contributed by atoms with Gasteiger partial charge in [-0.2, -0.15) is 0 Å². The monoisotopic (exact) mass is 233 g/mol. The molecular formula is C14H21N2O+. The van der Waals surface area contributed by atoms with E-state index >= 15 is 0 Å². The summed E-state index contributed by atoms with van der Waals surface area (Å²) in [7, 11) is 0. The molecule has 0 atom stereocenters. The van der Waals surface area contributed by atoms with Crippen LogP contribution in [0.5, 0.6) is 0 Å². The van der Waals surface area contributed by atoms with Gasteiger partial charge in [-0.1, -0.05) is 18.2 Å². The smallest absolute Gasteiger partial charge is 0.254 e. The Morgan fingerprint density at radius 1 is 1.29 bits per heavy atom. The highest BCUT2D eigenvalue weighted by Crippen LogP contribution is 2.10. The number of rotatable bonds is 2. The molecule has 1 heterocycles. The number of aryl methyl sites for hydroxylation is 1. The van der Waals surface area contributed by atoms with E-state index in [2.05, 4.69) is 6.92 Å². The molecule has 1 fully saturated rings. The maximum atomic E-state index is 12.3. The summed E-state index contributed by atoms with van der Waals surface area (Å²) < 4.78 is 0. The number of likely N-dealkylation sites (N-methyl/N-ethyl adjacent to an activating group) is 1. The van der Waals surface area contributed by atoms with E-state index in [4.69, 9.17) is 0 Å². The number of amides is 1. The zero-order valence-corrected chi connectivity index (χ0v) is 10.7. The first-order chi connectivity index (χ1) is 8.22. The number of piperazine rings is 1. The molecule has 1 aliphatic heterocycles. The molecule has 0 radical (unpaired) electrons. The summed E-state index contributed by atoms with van der Waals surface area (Å²) in [4.78, 5) is 15.9. The van der Waals surface area contributed by atoms with E-state index in [1.54, 1.807) is 4.90 Å². The summed E-state index contributed by atoms with van der Waals surface area (Å²) in [5.74, 6) is 0.193. The Labute approximate surface area is 103 Å². The molecule has 3 heteroatoms. The fourth-order valence-corrected chi connectivity index (χ4v) is 2.36. The van der Waals surface area contributed by atoms with Gasteiger partial charge in [-0.25, -0.2) is 0 Å². The van der Waals surface area contributed by atoms with E-state index < -0.39 is 0 Å². The minimum atomic E-state index is 0.193. The van der Waals surface area contributed by atoms with Crippen LogP contribution in [0.4, 0.5) is 0 Å². The normalized spacial score (nSPS) is 17.2. The first-order valence-corrected chi connectivity index (χ1v) is 6.41. The van der Waals surface area contributed by atoms with Crippen LogP contribution in [0.2, 0.25) is 0 Å². The number of carbonyl (C=O) groups excluding carboxylic acids is 1. The summed E-state index contributed by atoms with van der Waals surface area (Å²) in [6.45, 7) is 9.29. The van der Waals surface area contributed by atoms with Crippen molar-refractivity contribution in [2.45, 2.75) is 13.8 Å². The van der Waals surface area contributed by atoms with Gasteiger partial charge in [0, 0.05) is 5.56 Å². The Hall–Kier alpha value is -1.35. The number of nitrogens with one attached hydrogen (secondary N) is 1. The standard InChI is InChI=1S/C14H20N2O/c1-3-15-8-10-16(11-9-15)14(17)13-7-5-4-6-12(13)2/h4-7H,3,8-11H2,1-2H3/p+1. The third-order valence-corrected chi connectivity index (χ3v) is 3.63. The second-order valence-electron chi connectivity index (χ2n) is 4.71. The highest BCUT2D eigenvalue weighted by Gasteiger charge is 2.23. The molecular weight excluding hydrogens is 212 g/mol. The Bertz CT molecular complexity index is 395. The number of hydrogen-bond acceptors (Lipinski definition) is 1. The predicted octanol–water partition coefficient (Wildman–Crippen LogP) is 0.356. The highest BCUT2D eigenvalue weighted by molar-refractivity contribution is 5.95. The summed E-state index contributed by atoms with van der Waals surface area (Å²) in [5, 5.41) is 0. The lowest BCUT2D eigenvalue weighted by Gasteiger charge is -2.31. The molecule has 1 N–H and O–H groups in total. The fourth-order valence-electron chi connectivity index (χ4n) is 2.36. The predicted molar refractivity (Wildman–Crippen MR) is 68.3 cm³/mol. The third kappa shape index (κ3) is 2.67. The molecule has 3 nitrogen and oxygen atoms in total. The first kappa shape index (κ1) is 12.1. The van der Waals surface area contributed by atoms with E-state index in [0.717, 1.165) is 43.9 Å². The Morgan fingerprint density at radius 3 is 2.53 bits per heavy atom. The lowest BCUT2D eigenvalue weighted by Crippen LogP contribution is -3.14. The van der Waals surface area contributed by atoms with E-state index in [9.17, 15) is 4.79 Å². The SMILES string of the molecule is CC[NH+]1CCN(C(=O)c2ccccc2C)CC1. The van der Waals surface area contributed by atoms with Crippen molar-refractivity contribution in [2.75, 3.05) is 32.7 Å². The van der Waals surface area contributed by atoms with Crippen molar-refractivity contribution in [3.63, 3.8) is 0 Å². The van der Waals surface area contributed by atoms with Crippen molar-refractivity contribution in [2.24, 2.45) is 0 Å². The van der Waals surface area contributed by atoms with Crippen LogP contribution in [-0.4, -0.2) is 43.5 Å². The minimum absolute atomic E-state index is 0.193. The van der Waals surface area contributed by atoms with Crippen molar-refractivity contribution in [3.05, 3.63) is 35.4 Å². The fraction of sp³-hybridized carbons (Fsp3) is 0.500. The van der Waals surface area contributed by atoms with Crippen LogP contribution in [0.15, 0.2) is 24.3 Å². The molecule has 0 spiro atoms. The maximum Gasteiger partial charge on any atom is 0.254 e. The number of hydrogen-bond donors (Lipinski definition) is 1. The van der Waals surface area contributed by atoms with Gasteiger partial charge in [-0.3, -0.25) is 4.79 Å². The van der Waals surface area contributed by atoms with Gasteiger partial charge in [0.2, 0.25) is 0 Å². The van der Waals surface area contributed by atoms with Crippen molar-refractivity contribution in [1.29, 1.82) is 0 Å². The molecule has 0 aromatic heterocycles. The van der Waals surface area contributed by atoms with Crippen LogP contribution in [0.3, 0.4) is 0 Å². The molecule has 1 aromatic rings. The molecule has 0 unspecified atom stereocenters. The number of quaternary nitrogens is 1. The second kappa shape index (κ2) is 5.32. The van der Waals surface area contributed by atoms with Gasteiger partial charge in [0.15, 0.2) is 0 Å². The van der Waals surface area contributed by atoms with E-state index in [1.807, 2.05) is 36.1 Å². The van der Waals surface area contributed by atoms with Gasteiger partial charge in [-0.15, -0.1) is 0 Å². The molecule has 1 aliphatic rings. The summed E-state index contributed by atoms with van der Waals surface area (Å²) in [5.41, 5.74) is 1.93. The second-order valence-corrected chi connectivity index (χ2v) is 4.71. The zero-order valence-electron chi connectivity index (χ0n) is 10.7. The average molecular weight is 233 g/mol. The molecule has 0 aliphatic carbocycles. The van der Waals surface area contributed by atoms with Crippen LogP contribution >= 0.6 is 0 Å². The molecule has 1 amide bonds. The van der Waals surface area contributed by atoms with Crippen LogP contribution < -0.4 is 4.90 Å². The topological polar surface area (TPSA) is 24.8 Å². The van der Waals surface area contributed by atoms with Crippen LogP contribution in [0.1, 0.15) is 22.8 Å². The molecule has 1 saturated heterocycles. The van der Waals surface area contributed by atoms with Gasteiger partial charge in [0.25, 0.3) is 5.91 Å². The Morgan fingerprint density at radius 2 is 1.94 bits per heavy atom. The largest absolute Gasteiger partial charge is 0.332 e. The third-order valence-electron chi connectivity index (χ3n) is 3.63. The Kier molecular flexibility index (Phi) is 3.79. The number of benzene rings is 1. The van der Waals surface area contributed by atoms with E-state index in [-0.39, 0.29) is 5.91 Å². The van der Waals surface area contributed by atoms with Gasteiger partial charge in [-0.05, 0) is 25.5 Å². The van der Waals surface area contributed by atoms with Crippen molar-refractivity contribution >= 4 is 5.91 Å². The van der Waals surface area contributed by atoms with Crippen LogP contribution in [0.25, 0.3) is 0 Å². The van der Waals surface area contributed by atoms with Crippen molar-refractivity contribution in [1.82, 2.24) is 4.90 Å². The van der Waals surface area contributed by atoms with E-state index in [0.29, 0.717) is 0 Å². The average Bonchev–Trinajstić information content (AvgIpc) is 2.39. The maximum absolute atomic E-state index is 12.3. The first-order valence-electron chi connectivity index (χ1n) is 6.41. The lowest BCUT2D eigenvalue weighted by atomic mass is 10.1. The molecule has 0 saturated carbocycles. The van der Waals surface area contributed by atoms with Gasteiger partial charge < -0.3 is 9.80 Å². The molecule has 2 rings (SSSR count). The Balaban J connectivity index is 2.04. The quantitative estimate of drug-likeness (QED) is 0.783. The van der Waals surface area contributed by atoms with Crippen LogP contribution in [0, 0.1) is 6.92 Å². The zero-order chi connectivity index (χ0) is 12.3. The summed E-state index contributed by atoms with van der Waals surface area (Å²) in [6, 6.07) is 7.84. The molecule has 0 bridgehead atoms. The van der Waals surface area contributed by atoms with Gasteiger partial charge >= 0.3 is 0 Å². The lowest BCUT2D eigenvalue weighted by molar-refractivity contribution is -0.902. The molecule has 92 valence electrons. The minimum Gasteiger partial charge on any atom is -0.332 e. The number of carbonyl (C=O) groups is 1. The summed E-state index contributed by atoms with van der Waals surface area (Å²) >= 11 is 0. The van der Waals surface area contributed by atoms with Crippen molar-refractivity contribution in [3.8, 4) is 0 Å². The van der Waals surface area contributed by atoms with E-state index in [1.165, 1.54) is 0 Å². The molecule has 1 aromatic carbocycles. The van der Waals surface area contributed by atoms with Crippen molar-refractivity contribution < 1.29 is 9.69 Å².